The lowest BCUT2D eigenvalue weighted by Gasteiger charge is -2.31. The van der Waals surface area contributed by atoms with E-state index in [-0.39, 0.29) is 60.6 Å². The van der Waals surface area contributed by atoms with E-state index in [1.807, 2.05) is 0 Å². The zero-order valence-corrected chi connectivity index (χ0v) is 20.3. The molecule has 2 aromatic heterocycles. The molecule has 0 bridgehead atoms. The normalized spacial score (nSPS) is 25.2. The minimum absolute atomic E-state index is 0.0283. The van der Waals surface area contributed by atoms with Gasteiger partial charge in [0.05, 0.1) is 41.7 Å². The number of amides is 1. The highest BCUT2D eigenvalue weighted by atomic mass is 19.1. The van der Waals surface area contributed by atoms with Crippen LogP contribution in [0.25, 0.3) is 22.3 Å². The first-order chi connectivity index (χ1) is 17.7. The third-order valence-corrected chi connectivity index (χ3v) is 8.66. The second-order valence-electron chi connectivity index (χ2n) is 10.3. The lowest BCUT2D eigenvalue weighted by Crippen LogP contribution is -2.44. The number of esters is 1. The Morgan fingerprint density at radius 3 is 2.70 bits per heavy atom. The molecule has 1 aromatic carbocycles. The predicted molar refractivity (Wildman–Crippen MR) is 128 cm³/mol. The molecule has 1 fully saturated rings. The van der Waals surface area contributed by atoms with Crippen LogP contribution in [0.15, 0.2) is 16.9 Å². The van der Waals surface area contributed by atoms with Crippen LogP contribution in [0.5, 0.6) is 0 Å². The van der Waals surface area contributed by atoms with Crippen LogP contribution < -0.4 is 5.56 Å². The number of aliphatic hydroxyl groups excluding tert-OH is 1. The molecular formula is C27H24FN3O6. The number of hydrogen-bond acceptors (Lipinski definition) is 7. The highest BCUT2D eigenvalue weighted by molar-refractivity contribution is 5.99. The molecule has 10 heteroatoms. The molecule has 0 spiro atoms. The lowest BCUT2D eigenvalue weighted by atomic mass is 9.81. The first kappa shape index (κ1) is 22.6. The van der Waals surface area contributed by atoms with Gasteiger partial charge < -0.3 is 24.4 Å². The van der Waals surface area contributed by atoms with E-state index in [2.05, 4.69) is 0 Å². The van der Waals surface area contributed by atoms with Crippen LogP contribution in [0, 0.1) is 12.7 Å². The number of cyclic esters (lactones) is 1. The van der Waals surface area contributed by atoms with Gasteiger partial charge in [0.15, 0.2) is 5.60 Å². The summed E-state index contributed by atoms with van der Waals surface area (Å²) < 4.78 is 21.6. The topological polar surface area (TPSA) is 122 Å². The molecule has 7 rings (SSSR count). The van der Waals surface area contributed by atoms with Crippen LogP contribution in [-0.2, 0) is 39.5 Å². The van der Waals surface area contributed by atoms with E-state index < -0.39 is 17.6 Å². The van der Waals surface area contributed by atoms with Crippen LogP contribution in [0.2, 0.25) is 0 Å². The maximum atomic E-state index is 14.9. The zero-order valence-electron chi connectivity index (χ0n) is 20.3. The molecule has 2 N–H and O–H groups in total. The Kier molecular flexibility index (Phi) is 4.41. The van der Waals surface area contributed by atoms with Crippen molar-refractivity contribution in [2.24, 2.45) is 0 Å². The average molecular weight is 506 g/mol. The first-order valence-electron chi connectivity index (χ1n) is 12.5. The molecule has 3 atom stereocenters. The van der Waals surface area contributed by atoms with E-state index in [0.717, 1.165) is 22.1 Å². The Bertz CT molecular complexity index is 1660. The number of pyridine rings is 2. The summed E-state index contributed by atoms with van der Waals surface area (Å²) in [5.41, 5.74) is 2.39. The smallest absolute Gasteiger partial charge is 0.343 e. The van der Waals surface area contributed by atoms with Crippen molar-refractivity contribution >= 4 is 22.8 Å². The largest absolute Gasteiger partial charge is 0.458 e. The molecule has 9 nitrogen and oxygen atoms in total. The van der Waals surface area contributed by atoms with Gasteiger partial charge in [-0.1, -0.05) is 6.92 Å². The average Bonchev–Trinajstić information content (AvgIpc) is 3.40. The molecule has 0 unspecified atom stereocenters. The van der Waals surface area contributed by atoms with E-state index in [1.54, 1.807) is 29.4 Å². The van der Waals surface area contributed by atoms with Gasteiger partial charge in [-0.05, 0) is 48.9 Å². The predicted octanol–water partition coefficient (Wildman–Crippen LogP) is 1.72. The second kappa shape index (κ2) is 7.23. The molecular weight excluding hydrogens is 481 g/mol. The fourth-order valence-electron chi connectivity index (χ4n) is 6.58. The van der Waals surface area contributed by atoms with E-state index >= 15 is 0 Å². The van der Waals surface area contributed by atoms with Gasteiger partial charge in [-0.3, -0.25) is 9.59 Å². The summed E-state index contributed by atoms with van der Waals surface area (Å²) in [7, 11) is 0. The van der Waals surface area contributed by atoms with Crippen LogP contribution >= 0.6 is 0 Å². The van der Waals surface area contributed by atoms with Gasteiger partial charge in [-0.15, -0.1) is 0 Å². The number of carbonyl (C=O) groups excluding carboxylic acids is 2. The second-order valence-corrected chi connectivity index (χ2v) is 10.3. The summed E-state index contributed by atoms with van der Waals surface area (Å²) in [6, 6.07) is 2.10. The summed E-state index contributed by atoms with van der Waals surface area (Å²) in [4.78, 5) is 45.1. The lowest BCUT2D eigenvalue weighted by molar-refractivity contribution is -0.172. The molecule has 3 aromatic rings. The minimum Gasteiger partial charge on any atom is -0.458 e. The van der Waals surface area contributed by atoms with E-state index in [1.165, 1.54) is 6.07 Å². The number of hydrogen-bond donors (Lipinski definition) is 2. The standard InChI is InChI=1S/C27H24FN3O6/c1-3-27(36)15-6-19-23-13(8-30(19)24(33)14(15)10-37-26(27)35)22-18(31-20(9-32)25(31)34)5-4-12-11(2)16(28)7-17(29-23)21(12)22/h6-7,18,20,32,36H,3-5,8-10H2,1-2H3/t18-,20-,27-,31?/m0/s1. The number of ether oxygens (including phenoxy) is 1. The molecule has 37 heavy (non-hydrogen) atoms. The van der Waals surface area contributed by atoms with Crippen molar-refractivity contribution in [3.05, 3.63) is 61.7 Å². The highest BCUT2D eigenvalue weighted by Gasteiger charge is 2.52. The van der Waals surface area contributed by atoms with Crippen molar-refractivity contribution < 1.29 is 28.9 Å². The Balaban J connectivity index is 1.53. The summed E-state index contributed by atoms with van der Waals surface area (Å²) in [6.45, 7) is 3.05. The van der Waals surface area contributed by atoms with Crippen molar-refractivity contribution in [2.45, 2.75) is 63.9 Å². The number of benzene rings is 1. The maximum Gasteiger partial charge on any atom is 0.343 e. The van der Waals surface area contributed by atoms with Crippen LogP contribution in [-0.4, -0.2) is 49.2 Å². The molecule has 0 saturated carbocycles. The SMILES string of the molecule is CC[C@@]1(O)C(=O)OCc2c1cc1n(c2=O)Cc2c-1nc1cc(F)c(C)c3c1c2[C@@H](N1C(=O)[C@@H]1CO)CC3. The van der Waals surface area contributed by atoms with Gasteiger partial charge >= 0.3 is 5.97 Å². The Hall–Kier alpha value is -3.63. The number of rotatable bonds is 3. The number of aliphatic hydroxyl groups is 2. The Morgan fingerprint density at radius 2 is 2.00 bits per heavy atom. The first-order valence-corrected chi connectivity index (χ1v) is 12.5. The molecule has 1 saturated heterocycles. The van der Waals surface area contributed by atoms with Crippen molar-refractivity contribution in [3.8, 4) is 11.4 Å². The van der Waals surface area contributed by atoms with Crippen molar-refractivity contribution in [1.29, 1.82) is 0 Å². The van der Waals surface area contributed by atoms with Crippen LogP contribution in [0.4, 0.5) is 4.39 Å². The van der Waals surface area contributed by atoms with E-state index in [4.69, 9.17) is 9.72 Å². The maximum absolute atomic E-state index is 14.9. The third-order valence-electron chi connectivity index (χ3n) is 8.66. The van der Waals surface area contributed by atoms with Gasteiger partial charge in [0, 0.05) is 22.6 Å². The number of carbonyl (C=O) groups is 2. The summed E-state index contributed by atoms with van der Waals surface area (Å²) in [5, 5.41) is 21.6. The monoisotopic (exact) mass is 505 g/mol. The quantitative estimate of drug-likeness (QED) is 0.321. The van der Waals surface area contributed by atoms with Crippen molar-refractivity contribution in [3.63, 3.8) is 0 Å². The van der Waals surface area contributed by atoms with Gasteiger partial charge in [-0.25, -0.2) is 14.2 Å². The fourth-order valence-corrected chi connectivity index (χ4v) is 6.58. The fraction of sp³-hybridized carbons (Fsp3) is 0.407. The summed E-state index contributed by atoms with van der Waals surface area (Å²) in [6.07, 6.45) is 1.15. The Morgan fingerprint density at radius 1 is 1.22 bits per heavy atom. The van der Waals surface area contributed by atoms with E-state index in [0.29, 0.717) is 35.3 Å². The van der Waals surface area contributed by atoms with Crippen LogP contribution in [0.1, 0.15) is 59.2 Å². The zero-order chi connectivity index (χ0) is 26.0. The number of halogens is 1. The van der Waals surface area contributed by atoms with Gasteiger partial charge in [-0.2, -0.15) is 0 Å². The molecule has 3 aliphatic heterocycles. The molecule has 1 amide bonds. The number of nitrogens with zero attached hydrogens (tertiary/aromatic N) is 3. The number of aryl methyl sites for hydroxylation is 1. The molecule has 4 aliphatic rings. The van der Waals surface area contributed by atoms with Gasteiger partial charge in [0.1, 0.15) is 18.5 Å². The third kappa shape index (κ3) is 2.69. The molecule has 5 heterocycles. The summed E-state index contributed by atoms with van der Waals surface area (Å²) in [5.74, 6) is -1.32. The van der Waals surface area contributed by atoms with Crippen LogP contribution in [0.3, 0.4) is 0 Å². The molecule has 1 aliphatic carbocycles. The molecule has 190 valence electrons. The van der Waals surface area contributed by atoms with Crippen molar-refractivity contribution in [1.82, 2.24) is 14.5 Å². The number of aromatic nitrogens is 2. The van der Waals surface area contributed by atoms with Gasteiger partial charge in [0.25, 0.3) is 5.56 Å². The number of fused-ring (bicyclic) bond motifs is 5. The Labute approximate surface area is 210 Å². The van der Waals surface area contributed by atoms with E-state index in [9.17, 15) is 29.0 Å². The van der Waals surface area contributed by atoms with Gasteiger partial charge in [0.2, 0.25) is 5.91 Å². The van der Waals surface area contributed by atoms with Crippen molar-refractivity contribution in [2.75, 3.05) is 6.61 Å². The summed E-state index contributed by atoms with van der Waals surface area (Å²) >= 11 is 0. The highest BCUT2D eigenvalue weighted by Crippen LogP contribution is 2.49. The molecule has 0 radical (unpaired) electrons. The minimum atomic E-state index is -1.95.